The molecule has 0 spiro atoms. The average Bonchev–Trinajstić information content (AvgIpc) is 1.39. The molecular weight excluding hydrogens is 1090 g/mol. The predicted molar refractivity (Wildman–Crippen MR) is 378 cm³/mol. The molecule has 4 nitrogen and oxygen atoms in total. The Kier molecular flexibility index (Phi) is 12.4. The monoisotopic (exact) mass is 1170 g/mol. The highest BCUT2D eigenvalue weighted by Crippen LogP contribution is 2.64. The molecule has 0 bridgehead atoms. The molecule has 0 saturated heterocycles. The smallest absolute Gasteiger partial charge is 0.159 e. The van der Waals surface area contributed by atoms with E-state index in [1.165, 1.54) is 123 Å². The van der Waals surface area contributed by atoms with E-state index in [1.807, 2.05) is 11.3 Å². The minimum Gasteiger partial charge on any atom is -0.454 e. The van der Waals surface area contributed by atoms with E-state index in [2.05, 4.69) is 289 Å². The summed E-state index contributed by atoms with van der Waals surface area (Å²) < 4.78 is 9.83. The zero-order valence-corrected chi connectivity index (χ0v) is 55.8. The topological polar surface area (TPSA) is 22.9 Å². The summed E-state index contributed by atoms with van der Waals surface area (Å²) in [5.41, 5.74) is 25.4. The Bertz CT molecular complexity index is 4730. The lowest BCUT2D eigenvalue weighted by Crippen LogP contribution is -2.54. The van der Waals surface area contributed by atoms with Gasteiger partial charge in [0.2, 0.25) is 0 Å². The van der Waals surface area contributed by atoms with Crippen LogP contribution in [0.4, 0.5) is 45.5 Å². The van der Waals surface area contributed by atoms with Crippen LogP contribution in [0.15, 0.2) is 168 Å². The molecule has 9 aromatic carbocycles. The fraction of sp³-hybridized carbons (Fsp3) is 0.349. The van der Waals surface area contributed by atoms with Crippen LogP contribution in [-0.4, -0.2) is 5.54 Å². The number of anilines is 8. The number of nitrogens with zero attached hydrogens (tertiary/aromatic N) is 3. The molecule has 5 heteroatoms. The minimum atomic E-state index is -0.277. The van der Waals surface area contributed by atoms with E-state index in [4.69, 9.17) is 4.42 Å². The van der Waals surface area contributed by atoms with Gasteiger partial charge in [-0.3, -0.25) is 0 Å². The fourth-order valence-electron chi connectivity index (χ4n) is 17.3. The first-order valence-electron chi connectivity index (χ1n) is 32.7. The highest BCUT2D eigenvalue weighted by molar-refractivity contribution is 7.26. The van der Waals surface area contributed by atoms with Gasteiger partial charge in [-0.15, -0.1) is 11.3 Å². The SMILES string of the molecule is Cc1cc2c(cc1N(c1cc(N3c4ccc(C(C)(C)C)cc4C4(C)CCCCC34C)cc(N(c3cc4c(cc3C)C(C)(C)c3ccccc3C4(C)C)c3cccc4c3sc3ccccc34)c1C)c1cccc3c1oc1ccccc13)C(C)(C)CCC2(C)C. The molecule has 1 aliphatic heterocycles. The van der Waals surface area contributed by atoms with Crippen molar-refractivity contribution in [1.29, 1.82) is 0 Å². The van der Waals surface area contributed by atoms with Gasteiger partial charge < -0.3 is 19.1 Å². The number of thiophene rings is 1. The standard InChI is InChI=1S/C83H87N3OS/c1-50-43-61-62(79(9,10)42-41-78(61,7)8)48-69(50)84(67-33-25-29-57-55-27-17-21-35-73(55)87-75(57)67)71-46-54(86-66-38-37-53(77(4,5)6)45-65(66)82(15)39-23-24-40-83(82,86)16)47-72(52(71)3)85(68-34-26-30-58-56-28-18-22-36-74(56)88-76(58)68)70-49-64-63(44-51(70)2)80(11,12)59-31-19-20-32-60(59)81(64,13)14/h17-22,25-38,43-49H,23-24,39-42H2,1-16H3. The molecular formula is C83H87N3OS. The van der Waals surface area contributed by atoms with Crippen molar-refractivity contribution in [2.75, 3.05) is 14.7 Å². The Hall–Kier alpha value is -7.60. The molecule has 3 heterocycles. The summed E-state index contributed by atoms with van der Waals surface area (Å²) in [5, 5.41) is 4.82. The molecule has 1 fully saturated rings. The van der Waals surface area contributed by atoms with Crippen molar-refractivity contribution in [3.8, 4) is 0 Å². The minimum absolute atomic E-state index is 0.00449. The number of furan rings is 1. The van der Waals surface area contributed by atoms with Crippen molar-refractivity contribution in [1.82, 2.24) is 0 Å². The second-order valence-corrected chi connectivity index (χ2v) is 31.9. The summed E-state index contributed by atoms with van der Waals surface area (Å²) in [5.74, 6) is 0. The Labute approximate surface area is 527 Å². The van der Waals surface area contributed by atoms with Crippen molar-refractivity contribution < 1.29 is 4.42 Å². The van der Waals surface area contributed by atoms with Crippen LogP contribution in [0.5, 0.6) is 0 Å². The maximum atomic E-state index is 7.25. The number of aryl methyl sites for hydroxylation is 2. The Balaban J connectivity index is 1.11. The second-order valence-electron chi connectivity index (χ2n) is 30.8. The highest BCUT2D eigenvalue weighted by Gasteiger charge is 2.58. The maximum Gasteiger partial charge on any atom is 0.159 e. The van der Waals surface area contributed by atoms with Crippen LogP contribution in [0.3, 0.4) is 0 Å². The Morgan fingerprint density at radius 1 is 0.443 bits per heavy atom. The van der Waals surface area contributed by atoms with Crippen molar-refractivity contribution in [2.24, 2.45) is 0 Å². The summed E-state index contributed by atoms with van der Waals surface area (Å²) in [6.07, 6.45) is 6.88. The third-order valence-corrected chi connectivity index (χ3v) is 24.1. The molecule has 2 unspecified atom stereocenters. The highest BCUT2D eigenvalue weighted by atomic mass is 32.1. The molecule has 11 aromatic rings. The molecule has 446 valence electrons. The van der Waals surface area contributed by atoms with E-state index in [0.717, 1.165) is 64.7 Å². The van der Waals surface area contributed by atoms with E-state index >= 15 is 0 Å². The summed E-state index contributed by atoms with van der Waals surface area (Å²) >= 11 is 1.92. The number of hydrogen-bond donors (Lipinski definition) is 0. The van der Waals surface area contributed by atoms with Crippen LogP contribution in [-0.2, 0) is 32.5 Å². The maximum absolute atomic E-state index is 7.25. The van der Waals surface area contributed by atoms with E-state index < -0.39 is 0 Å². The van der Waals surface area contributed by atoms with Gasteiger partial charge in [0.15, 0.2) is 5.58 Å². The molecule has 0 radical (unpaired) electrons. The molecule has 2 aromatic heterocycles. The lowest BCUT2D eigenvalue weighted by molar-refractivity contribution is 0.195. The van der Waals surface area contributed by atoms with Gasteiger partial charge in [-0.1, -0.05) is 205 Å². The van der Waals surface area contributed by atoms with Gasteiger partial charge in [-0.05, 0) is 185 Å². The van der Waals surface area contributed by atoms with Gasteiger partial charge in [-0.25, -0.2) is 0 Å². The Morgan fingerprint density at radius 3 is 1.65 bits per heavy atom. The number of benzene rings is 9. The Morgan fingerprint density at radius 2 is 0.977 bits per heavy atom. The molecule has 4 aliphatic rings. The first kappa shape index (κ1) is 56.9. The van der Waals surface area contributed by atoms with E-state index in [9.17, 15) is 0 Å². The first-order valence-corrected chi connectivity index (χ1v) is 33.5. The van der Waals surface area contributed by atoms with Crippen LogP contribution in [0.25, 0.3) is 42.1 Å². The second kappa shape index (κ2) is 19.2. The molecule has 0 N–H and O–H groups in total. The van der Waals surface area contributed by atoms with Crippen LogP contribution >= 0.6 is 11.3 Å². The van der Waals surface area contributed by atoms with Crippen molar-refractivity contribution in [2.45, 2.75) is 187 Å². The third-order valence-electron chi connectivity index (χ3n) is 22.9. The average molecular weight is 1170 g/mol. The van der Waals surface area contributed by atoms with E-state index in [-0.39, 0.29) is 38.0 Å². The molecule has 0 amide bonds. The first-order chi connectivity index (χ1) is 41.7. The molecule has 88 heavy (non-hydrogen) atoms. The van der Waals surface area contributed by atoms with Gasteiger partial charge in [0.25, 0.3) is 0 Å². The number of hydrogen-bond acceptors (Lipinski definition) is 5. The van der Waals surface area contributed by atoms with Crippen LogP contribution < -0.4 is 14.7 Å². The molecule has 1 saturated carbocycles. The van der Waals surface area contributed by atoms with Gasteiger partial charge in [0.05, 0.1) is 33.0 Å². The van der Waals surface area contributed by atoms with Crippen molar-refractivity contribution in [3.05, 3.63) is 225 Å². The quantitative estimate of drug-likeness (QED) is 0.159. The van der Waals surface area contributed by atoms with Crippen LogP contribution in [0.2, 0.25) is 0 Å². The zero-order valence-electron chi connectivity index (χ0n) is 55.0. The lowest BCUT2D eigenvalue weighted by Gasteiger charge is -2.50. The number of para-hydroxylation sites is 2. The van der Waals surface area contributed by atoms with Crippen molar-refractivity contribution in [3.63, 3.8) is 0 Å². The van der Waals surface area contributed by atoms with Gasteiger partial charge in [-0.2, -0.15) is 0 Å². The molecule has 2 atom stereocenters. The molecule has 15 rings (SSSR count). The zero-order chi connectivity index (χ0) is 61.6. The van der Waals surface area contributed by atoms with E-state index in [1.54, 1.807) is 0 Å². The lowest BCUT2D eigenvalue weighted by atomic mass is 9.59. The van der Waals surface area contributed by atoms with Crippen LogP contribution in [0, 0.1) is 20.8 Å². The van der Waals surface area contributed by atoms with Crippen molar-refractivity contribution >= 4 is 98.9 Å². The number of rotatable bonds is 7. The largest absolute Gasteiger partial charge is 0.454 e. The third kappa shape index (κ3) is 8.06. The summed E-state index contributed by atoms with van der Waals surface area (Å²) in [6.45, 7) is 39.2. The summed E-state index contributed by atoms with van der Waals surface area (Å²) in [7, 11) is 0. The number of fused-ring (bicyclic) bond motifs is 12. The van der Waals surface area contributed by atoms with Gasteiger partial charge >= 0.3 is 0 Å². The summed E-state index contributed by atoms with van der Waals surface area (Å²) in [4.78, 5) is 8.20. The summed E-state index contributed by atoms with van der Waals surface area (Å²) in [6, 6.07) is 63.9. The van der Waals surface area contributed by atoms with Gasteiger partial charge in [0.1, 0.15) is 5.58 Å². The van der Waals surface area contributed by atoms with E-state index in [0.29, 0.717) is 0 Å². The van der Waals surface area contributed by atoms with Crippen LogP contribution in [0.1, 0.15) is 190 Å². The van der Waals surface area contributed by atoms with Gasteiger partial charge in [0, 0.05) is 65.2 Å². The fourth-order valence-corrected chi connectivity index (χ4v) is 18.5. The molecule has 3 aliphatic carbocycles. The predicted octanol–water partition coefficient (Wildman–Crippen LogP) is 24.2. The normalized spacial score (nSPS) is 20.4.